The molecular weight excluding hydrogens is 240 g/mol. The Morgan fingerprint density at radius 3 is 2.58 bits per heavy atom. The Labute approximate surface area is 113 Å². The van der Waals surface area contributed by atoms with Crippen molar-refractivity contribution < 1.29 is 9.59 Å². The van der Waals surface area contributed by atoms with Gasteiger partial charge in [0.1, 0.15) is 5.92 Å². The molecule has 1 aromatic rings. The molecule has 1 aromatic carbocycles. The fourth-order valence-corrected chi connectivity index (χ4v) is 2.39. The molecule has 2 amide bonds. The van der Waals surface area contributed by atoms with E-state index < -0.39 is 5.92 Å². The van der Waals surface area contributed by atoms with Crippen LogP contribution in [0.4, 0.5) is 5.69 Å². The van der Waals surface area contributed by atoms with Crippen LogP contribution in [0.1, 0.15) is 25.8 Å². The maximum absolute atomic E-state index is 12.2. The number of hydrogen-bond acceptors (Lipinski definition) is 2. The lowest BCUT2D eigenvalue weighted by Crippen LogP contribution is -2.36. The van der Waals surface area contributed by atoms with E-state index in [0.717, 1.165) is 12.1 Å². The second-order valence-electron chi connectivity index (χ2n) is 4.75. The van der Waals surface area contributed by atoms with E-state index in [1.807, 2.05) is 31.2 Å². The van der Waals surface area contributed by atoms with Crippen LogP contribution in [0, 0.1) is 5.92 Å². The summed E-state index contributed by atoms with van der Waals surface area (Å²) in [6.45, 7) is 5.14. The Morgan fingerprint density at radius 2 is 2.00 bits per heavy atom. The molecule has 1 heterocycles. The Morgan fingerprint density at radius 1 is 1.32 bits per heavy atom. The van der Waals surface area contributed by atoms with Gasteiger partial charge in [-0.1, -0.05) is 19.1 Å². The molecule has 0 aliphatic carbocycles. The lowest BCUT2D eigenvalue weighted by Gasteiger charge is -2.17. The summed E-state index contributed by atoms with van der Waals surface area (Å²) in [7, 11) is 0. The fourth-order valence-electron chi connectivity index (χ4n) is 2.39. The van der Waals surface area contributed by atoms with E-state index in [9.17, 15) is 9.59 Å². The van der Waals surface area contributed by atoms with E-state index in [1.165, 1.54) is 5.56 Å². The summed E-state index contributed by atoms with van der Waals surface area (Å²) in [5.74, 6) is -0.763. The molecule has 19 heavy (non-hydrogen) atoms. The van der Waals surface area contributed by atoms with Gasteiger partial charge in [-0.3, -0.25) is 9.59 Å². The highest BCUT2D eigenvalue weighted by atomic mass is 16.2. The average molecular weight is 260 g/mol. The summed E-state index contributed by atoms with van der Waals surface area (Å²) in [6, 6.07) is 7.97. The van der Waals surface area contributed by atoms with Crippen LogP contribution in [0.15, 0.2) is 24.3 Å². The number of amides is 2. The molecule has 1 unspecified atom stereocenters. The number of nitrogens with zero attached hydrogens (tertiary/aromatic N) is 1. The number of carbonyl (C=O) groups is 2. The standard InChI is InChI=1S/C15H20N2O2/c1-3-11-5-7-12(8-6-11)17-10-9-13(15(17)19)14(18)16-4-2/h5-8,13H,3-4,9-10H2,1-2H3,(H,16,18). The van der Waals surface area contributed by atoms with Gasteiger partial charge in [-0.15, -0.1) is 0 Å². The second-order valence-corrected chi connectivity index (χ2v) is 4.75. The van der Waals surface area contributed by atoms with Gasteiger partial charge < -0.3 is 10.2 Å². The van der Waals surface area contributed by atoms with Gasteiger partial charge in [-0.2, -0.15) is 0 Å². The monoisotopic (exact) mass is 260 g/mol. The van der Waals surface area contributed by atoms with Crippen molar-refractivity contribution in [2.24, 2.45) is 5.92 Å². The van der Waals surface area contributed by atoms with Gasteiger partial charge in [0.05, 0.1) is 0 Å². The molecular formula is C15H20N2O2. The van der Waals surface area contributed by atoms with Crippen LogP contribution in [0.5, 0.6) is 0 Å². The van der Waals surface area contributed by atoms with Crippen LogP contribution in [0.2, 0.25) is 0 Å². The van der Waals surface area contributed by atoms with E-state index in [4.69, 9.17) is 0 Å². The molecule has 0 radical (unpaired) electrons. The predicted octanol–water partition coefficient (Wildman–Crippen LogP) is 1.74. The van der Waals surface area contributed by atoms with Gasteiger partial charge in [0.25, 0.3) is 0 Å². The molecule has 0 spiro atoms. The quantitative estimate of drug-likeness (QED) is 0.838. The minimum absolute atomic E-state index is 0.0878. The van der Waals surface area contributed by atoms with E-state index in [0.29, 0.717) is 19.5 Å². The molecule has 1 atom stereocenters. The van der Waals surface area contributed by atoms with Gasteiger partial charge in [0.2, 0.25) is 11.8 Å². The van der Waals surface area contributed by atoms with Gasteiger partial charge in [0, 0.05) is 18.8 Å². The molecule has 0 aromatic heterocycles. The summed E-state index contributed by atoms with van der Waals surface area (Å²) >= 11 is 0. The van der Waals surface area contributed by atoms with E-state index in [2.05, 4.69) is 12.2 Å². The third kappa shape index (κ3) is 2.78. The minimum atomic E-state index is -0.522. The Balaban J connectivity index is 2.10. The predicted molar refractivity (Wildman–Crippen MR) is 75.0 cm³/mol. The van der Waals surface area contributed by atoms with Crippen molar-refractivity contribution in [2.75, 3.05) is 18.0 Å². The molecule has 4 heteroatoms. The number of nitrogens with one attached hydrogen (secondary N) is 1. The van der Waals surface area contributed by atoms with E-state index in [-0.39, 0.29) is 11.8 Å². The first kappa shape index (κ1) is 13.6. The molecule has 102 valence electrons. The van der Waals surface area contributed by atoms with Gasteiger partial charge in [-0.25, -0.2) is 0 Å². The number of carbonyl (C=O) groups excluding carboxylic acids is 2. The van der Waals surface area contributed by atoms with Gasteiger partial charge in [-0.05, 0) is 37.5 Å². The molecule has 2 rings (SSSR count). The SMILES string of the molecule is CCNC(=O)C1CCN(c2ccc(CC)cc2)C1=O. The highest BCUT2D eigenvalue weighted by Crippen LogP contribution is 2.25. The van der Waals surface area contributed by atoms with Crippen molar-refractivity contribution in [3.05, 3.63) is 29.8 Å². The highest BCUT2D eigenvalue weighted by molar-refractivity contribution is 6.09. The molecule has 1 N–H and O–H groups in total. The van der Waals surface area contributed by atoms with E-state index in [1.54, 1.807) is 4.90 Å². The molecule has 1 fully saturated rings. The molecule has 1 aliphatic heterocycles. The second kappa shape index (κ2) is 5.87. The van der Waals surface area contributed by atoms with Crippen LogP contribution in [0.25, 0.3) is 0 Å². The van der Waals surface area contributed by atoms with Crippen LogP contribution in [-0.2, 0) is 16.0 Å². The number of aryl methyl sites for hydroxylation is 1. The normalized spacial score (nSPS) is 18.7. The van der Waals surface area contributed by atoms with Crippen molar-refractivity contribution in [1.29, 1.82) is 0 Å². The third-order valence-corrected chi connectivity index (χ3v) is 3.53. The van der Waals surface area contributed by atoms with Crippen molar-refractivity contribution in [2.45, 2.75) is 26.7 Å². The van der Waals surface area contributed by atoms with Gasteiger partial charge >= 0.3 is 0 Å². The summed E-state index contributed by atoms with van der Waals surface area (Å²) < 4.78 is 0. The fraction of sp³-hybridized carbons (Fsp3) is 0.467. The minimum Gasteiger partial charge on any atom is -0.356 e. The first-order valence-corrected chi connectivity index (χ1v) is 6.85. The smallest absolute Gasteiger partial charge is 0.239 e. The molecule has 0 saturated carbocycles. The topological polar surface area (TPSA) is 49.4 Å². The first-order chi connectivity index (χ1) is 9.17. The number of hydrogen-bond donors (Lipinski definition) is 1. The summed E-state index contributed by atoms with van der Waals surface area (Å²) in [4.78, 5) is 25.7. The maximum atomic E-state index is 12.2. The molecule has 0 bridgehead atoms. The molecule has 4 nitrogen and oxygen atoms in total. The Kier molecular flexibility index (Phi) is 4.20. The lowest BCUT2D eigenvalue weighted by molar-refractivity contribution is -0.132. The molecule has 1 saturated heterocycles. The average Bonchev–Trinajstić information content (AvgIpc) is 2.81. The Bertz CT molecular complexity index is 468. The first-order valence-electron chi connectivity index (χ1n) is 6.85. The van der Waals surface area contributed by atoms with Crippen LogP contribution in [-0.4, -0.2) is 24.9 Å². The zero-order valence-electron chi connectivity index (χ0n) is 11.5. The third-order valence-electron chi connectivity index (χ3n) is 3.53. The number of benzene rings is 1. The zero-order chi connectivity index (χ0) is 13.8. The summed E-state index contributed by atoms with van der Waals surface area (Å²) in [5, 5.41) is 2.72. The lowest BCUT2D eigenvalue weighted by atomic mass is 10.1. The van der Waals surface area contributed by atoms with E-state index >= 15 is 0 Å². The van der Waals surface area contributed by atoms with Crippen molar-refractivity contribution in [3.8, 4) is 0 Å². The number of anilines is 1. The van der Waals surface area contributed by atoms with Crippen molar-refractivity contribution in [1.82, 2.24) is 5.32 Å². The van der Waals surface area contributed by atoms with Crippen molar-refractivity contribution >= 4 is 17.5 Å². The highest BCUT2D eigenvalue weighted by Gasteiger charge is 2.37. The van der Waals surface area contributed by atoms with Gasteiger partial charge in [0.15, 0.2) is 0 Å². The largest absolute Gasteiger partial charge is 0.356 e. The summed E-state index contributed by atoms with van der Waals surface area (Å²) in [6.07, 6.45) is 1.58. The van der Waals surface area contributed by atoms with Crippen LogP contribution in [0.3, 0.4) is 0 Å². The summed E-state index contributed by atoms with van der Waals surface area (Å²) in [5.41, 5.74) is 2.13. The molecule has 1 aliphatic rings. The van der Waals surface area contributed by atoms with Crippen molar-refractivity contribution in [3.63, 3.8) is 0 Å². The maximum Gasteiger partial charge on any atom is 0.239 e. The van der Waals surface area contributed by atoms with Crippen LogP contribution >= 0.6 is 0 Å². The number of rotatable bonds is 4. The Hall–Kier alpha value is -1.84. The van der Waals surface area contributed by atoms with Crippen LogP contribution < -0.4 is 10.2 Å². The zero-order valence-corrected chi connectivity index (χ0v) is 11.5.